The fourth-order valence-electron chi connectivity index (χ4n) is 2.01. The summed E-state index contributed by atoms with van der Waals surface area (Å²) in [6.45, 7) is 7.56. The summed E-state index contributed by atoms with van der Waals surface area (Å²) in [6, 6.07) is 6.03. The van der Waals surface area contributed by atoms with Crippen molar-refractivity contribution in [3.8, 4) is 5.75 Å². The van der Waals surface area contributed by atoms with Crippen molar-refractivity contribution in [3.63, 3.8) is 0 Å². The second kappa shape index (κ2) is 6.06. The number of hydrogen-bond acceptors (Lipinski definition) is 4. The Bertz CT molecular complexity index is 455. The van der Waals surface area contributed by atoms with E-state index in [1.54, 1.807) is 6.92 Å². The molecule has 0 fully saturated rings. The van der Waals surface area contributed by atoms with Gasteiger partial charge in [0.25, 0.3) is 0 Å². The summed E-state index contributed by atoms with van der Waals surface area (Å²) in [4.78, 5) is 11.5. The first-order valence-corrected chi connectivity index (χ1v) is 6.37. The van der Waals surface area contributed by atoms with Gasteiger partial charge in [-0.25, -0.2) is 0 Å². The molecule has 1 rings (SSSR count). The van der Waals surface area contributed by atoms with E-state index in [9.17, 15) is 4.79 Å². The molecule has 19 heavy (non-hydrogen) atoms. The number of rotatable bonds is 5. The normalized spacial score (nSPS) is 15.5. The van der Waals surface area contributed by atoms with Gasteiger partial charge in [0.05, 0.1) is 13.2 Å². The molecule has 0 saturated carbocycles. The van der Waals surface area contributed by atoms with Crippen LogP contribution in [0.25, 0.3) is 0 Å². The minimum atomic E-state index is -1.04. The third kappa shape index (κ3) is 4.24. The molecule has 2 unspecified atom stereocenters. The maximum atomic E-state index is 11.5. The van der Waals surface area contributed by atoms with Crippen LogP contribution < -0.4 is 10.5 Å². The predicted octanol–water partition coefficient (Wildman–Crippen LogP) is 2.35. The smallest absolute Gasteiger partial charge is 0.325 e. The van der Waals surface area contributed by atoms with Crippen LogP contribution in [0.15, 0.2) is 18.2 Å². The average molecular weight is 265 g/mol. The summed E-state index contributed by atoms with van der Waals surface area (Å²) in [5.41, 5.74) is 7.10. The molecule has 1 aromatic rings. The number of nitrogens with two attached hydrogens (primary N) is 1. The van der Waals surface area contributed by atoms with Gasteiger partial charge < -0.3 is 15.2 Å². The lowest BCUT2D eigenvalue weighted by atomic mass is 9.96. The van der Waals surface area contributed by atoms with Gasteiger partial charge in [0, 0.05) is 6.42 Å². The minimum absolute atomic E-state index is 0.172. The van der Waals surface area contributed by atoms with E-state index in [1.165, 1.54) is 7.11 Å². The van der Waals surface area contributed by atoms with Gasteiger partial charge in [0.15, 0.2) is 0 Å². The first-order valence-electron chi connectivity index (χ1n) is 6.37. The highest BCUT2D eigenvalue weighted by molar-refractivity contribution is 5.79. The molecule has 0 spiro atoms. The lowest BCUT2D eigenvalue weighted by Crippen LogP contribution is -2.48. The zero-order chi connectivity index (χ0) is 14.6. The molecular formula is C15H23NO3. The van der Waals surface area contributed by atoms with Gasteiger partial charge in [-0.3, -0.25) is 4.79 Å². The summed E-state index contributed by atoms with van der Waals surface area (Å²) < 4.78 is 10.6. The fraction of sp³-hybridized carbons (Fsp3) is 0.533. The predicted molar refractivity (Wildman–Crippen MR) is 75.2 cm³/mol. The molecule has 2 N–H and O–H groups in total. The zero-order valence-corrected chi connectivity index (χ0v) is 12.3. The van der Waals surface area contributed by atoms with Crippen LogP contribution in [-0.2, 0) is 9.53 Å². The summed E-state index contributed by atoms with van der Waals surface area (Å²) in [7, 11) is 1.34. The number of esters is 1. The lowest BCUT2D eigenvalue weighted by molar-refractivity contribution is -0.147. The van der Waals surface area contributed by atoms with E-state index >= 15 is 0 Å². The Hall–Kier alpha value is -1.55. The van der Waals surface area contributed by atoms with Crippen LogP contribution in [0.2, 0.25) is 0 Å². The van der Waals surface area contributed by atoms with E-state index in [0.717, 1.165) is 16.9 Å². The molecule has 4 heteroatoms. The van der Waals surface area contributed by atoms with Crippen LogP contribution >= 0.6 is 0 Å². The molecule has 0 saturated heterocycles. The molecular weight excluding hydrogens is 242 g/mol. The van der Waals surface area contributed by atoms with Crippen LogP contribution in [-0.4, -0.2) is 24.7 Å². The van der Waals surface area contributed by atoms with Gasteiger partial charge in [0.1, 0.15) is 11.3 Å². The average Bonchev–Trinajstić information content (AvgIpc) is 2.32. The highest BCUT2D eigenvalue weighted by Gasteiger charge is 2.32. The van der Waals surface area contributed by atoms with E-state index in [4.69, 9.17) is 10.5 Å². The number of benzene rings is 1. The minimum Gasteiger partial charge on any atom is -0.490 e. The molecule has 0 aliphatic heterocycles. The Kier molecular flexibility index (Phi) is 4.95. The largest absolute Gasteiger partial charge is 0.490 e. The quantitative estimate of drug-likeness (QED) is 0.830. The fourth-order valence-corrected chi connectivity index (χ4v) is 2.01. The van der Waals surface area contributed by atoms with E-state index in [-0.39, 0.29) is 6.10 Å². The molecule has 0 aliphatic rings. The lowest BCUT2D eigenvalue weighted by Gasteiger charge is -2.26. The summed E-state index contributed by atoms with van der Waals surface area (Å²) in [6.07, 6.45) is 0.224. The van der Waals surface area contributed by atoms with Crippen LogP contribution in [0.1, 0.15) is 31.4 Å². The molecule has 0 aliphatic carbocycles. The molecule has 1 aromatic carbocycles. The molecule has 4 nitrogen and oxygen atoms in total. The Labute approximate surface area is 114 Å². The summed E-state index contributed by atoms with van der Waals surface area (Å²) >= 11 is 0. The van der Waals surface area contributed by atoms with Gasteiger partial charge >= 0.3 is 5.97 Å². The Morgan fingerprint density at radius 3 is 2.63 bits per heavy atom. The van der Waals surface area contributed by atoms with Crippen molar-refractivity contribution >= 4 is 5.97 Å². The van der Waals surface area contributed by atoms with E-state index < -0.39 is 11.5 Å². The highest BCUT2D eigenvalue weighted by Crippen LogP contribution is 2.23. The van der Waals surface area contributed by atoms with Crippen LogP contribution in [0.5, 0.6) is 5.75 Å². The molecule has 0 bridgehead atoms. The monoisotopic (exact) mass is 265 g/mol. The molecule has 2 atom stereocenters. The van der Waals surface area contributed by atoms with Gasteiger partial charge in [-0.1, -0.05) is 12.1 Å². The van der Waals surface area contributed by atoms with Crippen molar-refractivity contribution in [2.24, 2.45) is 5.73 Å². The van der Waals surface area contributed by atoms with Crippen molar-refractivity contribution < 1.29 is 14.3 Å². The van der Waals surface area contributed by atoms with Crippen LogP contribution in [0.4, 0.5) is 0 Å². The number of carbonyl (C=O) groups excluding carboxylic acids is 1. The maximum Gasteiger partial charge on any atom is 0.325 e. The molecule has 0 radical (unpaired) electrons. The Morgan fingerprint density at radius 1 is 1.42 bits per heavy atom. The standard InChI is InChI=1S/C15H23NO3/c1-10-6-7-11(2)13(8-10)19-12(3)9-15(4,16)14(17)18-5/h6-8,12H,9,16H2,1-5H3. The highest BCUT2D eigenvalue weighted by atomic mass is 16.5. The molecule has 0 aromatic heterocycles. The second-order valence-corrected chi connectivity index (χ2v) is 5.31. The van der Waals surface area contributed by atoms with Crippen LogP contribution in [0, 0.1) is 13.8 Å². The van der Waals surface area contributed by atoms with Gasteiger partial charge in [0.2, 0.25) is 0 Å². The van der Waals surface area contributed by atoms with E-state index in [0.29, 0.717) is 6.42 Å². The third-order valence-electron chi connectivity index (χ3n) is 3.04. The summed E-state index contributed by atoms with van der Waals surface area (Å²) in [5.74, 6) is 0.400. The van der Waals surface area contributed by atoms with Crippen molar-refractivity contribution in [2.45, 2.75) is 45.8 Å². The SMILES string of the molecule is COC(=O)C(C)(N)CC(C)Oc1cc(C)ccc1C. The van der Waals surface area contributed by atoms with E-state index in [1.807, 2.05) is 39.0 Å². The van der Waals surface area contributed by atoms with Crippen molar-refractivity contribution in [1.82, 2.24) is 0 Å². The van der Waals surface area contributed by atoms with Gasteiger partial charge in [-0.05, 0) is 44.9 Å². The Morgan fingerprint density at radius 2 is 2.05 bits per heavy atom. The van der Waals surface area contributed by atoms with Crippen molar-refractivity contribution in [1.29, 1.82) is 0 Å². The number of aryl methyl sites for hydroxylation is 2. The maximum absolute atomic E-state index is 11.5. The molecule has 106 valence electrons. The number of hydrogen-bond donors (Lipinski definition) is 1. The zero-order valence-electron chi connectivity index (χ0n) is 12.3. The number of carbonyl (C=O) groups is 1. The van der Waals surface area contributed by atoms with Crippen LogP contribution in [0.3, 0.4) is 0 Å². The van der Waals surface area contributed by atoms with Gasteiger partial charge in [-0.2, -0.15) is 0 Å². The number of methoxy groups -OCH3 is 1. The van der Waals surface area contributed by atoms with Crippen molar-refractivity contribution in [3.05, 3.63) is 29.3 Å². The first kappa shape index (κ1) is 15.5. The van der Waals surface area contributed by atoms with Gasteiger partial charge in [-0.15, -0.1) is 0 Å². The summed E-state index contributed by atoms with van der Waals surface area (Å²) in [5, 5.41) is 0. The second-order valence-electron chi connectivity index (χ2n) is 5.31. The topological polar surface area (TPSA) is 61.5 Å². The van der Waals surface area contributed by atoms with Crippen molar-refractivity contribution in [2.75, 3.05) is 7.11 Å². The molecule has 0 amide bonds. The number of ether oxygens (including phenoxy) is 2. The molecule has 0 heterocycles. The van der Waals surface area contributed by atoms with E-state index in [2.05, 4.69) is 4.74 Å². The third-order valence-corrected chi connectivity index (χ3v) is 3.04. The Balaban J connectivity index is 2.72. The first-order chi connectivity index (χ1) is 8.76.